The average molecular weight is 422 g/mol. The molecule has 0 saturated heterocycles. The van der Waals surface area contributed by atoms with Crippen molar-refractivity contribution in [3.8, 4) is 0 Å². The summed E-state index contributed by atoms with van der Waals surface area (Å²) in [4.78, 5) is 23.3. The van der Waals surface area contributed by atoms with E-state index in [1.165, 1.54) is 5.57 Å². The van der Waals surface area contributed by atoms with E-state index in [1.807, 2.05) is 0 Å². The Hall–Kier alpha value is -1.78. The van der Waals surface area contributed by atoms with Gasteiger partial charge in [0.2, 0.25) is 0 Å². The van der Waals surface area contributed by atoms with E-state index in [0.29, 0.717) is 31.2 Å². The van der Waals surface area contributed by atoms with E-state index in [-0.39, 0.29) is 17.5 Å². The van der Waals surface area contributed by atoms with Crippen molar-refractivity contribution in [2.75, 3.05) is 19.8 Å². The van der Waals surface area contributed by atoms with E-state index in [4.69, 9.17) is 9.47 Å². The molecule has 0 bridgehead atoms. The number of rotatable bonds is 14. The predicted molar refractivity (Wildman–Crippen MR) is 122 cm³/mol. The lowest BCUT2D eigenvalue weighted by Crippen LogP contribution is -2.33. The standard InChI is InChI=1S/C25H43NO4/c1-6-21(4)22-14-13-15-25(5,18-22)19-30-24(28)26-16-11-9-7-8-10-12-17-29-23(27)20(2)3/h14,21H,2,6-13,15-19H2,1,3-5H3,(H,26,28). The zero-order chi connectivity index (χ0) is 22.4. The first-order valence-electron chi connectivity index (χ1n) is 11.7. The molecule has 5 nitrogen and oxygen atoms in total. The van der Waals surface area contributed by atoms with Gasteiger partial charge in [0, 0.05) is 17.5 Å². The molecule has 1 rings (SSSR count). The number of hydrogen-bond acceptors (Lipinski definition) is 4. The first kappa shape index (κ1) is 26.3. The Balaban J connectivity index is 2.03. The van der Waals surface area contributed by atoms with E-state index in [1.54, 1.807) is 6.92 Å². The van der Waals surface area contributed by atoms with Gasteiger partial charge in [-0.15, -0.1) is 0 Å². The highest BCUT2D eigenvalue weighted by molar-refractivity contribution is 5.86. The summed E-state index contributed by atoms with van der Waals surface area (Å²) in [5.74, 6) is 0.308. The predicted octanol–water partition coefficient (Wildman–Crippen LogP) is 6.34. The van der Waals surface area contributed by atoms with Crippen molar-refractivity contribution in [1.29, 1.82) is 0 Å². The van der Waals surface area contributed by atoms with Gasteiger partial charge in [0.05, 0.1) is 13.2 Å². The van der Waals surface area contributed by atoms with E-state index >= 15 is 0 Å². The molecule has 172 valence electrons. The van der Waals surface area contributed by atoms with Gasteiger partial charge in [-0.1, -0.05) is 64.7 Å². The number of carbonyl (C=O) groups excluding carboxylic acids is 2. The molecule has 1 N–H and O–H groups in total. The number of amides is 1. The Kier molecular flexibility index (Phi) is 12.5. The maximum atomic E-state index is 12.0. The van der Waals surface area contributed by atoms with Crippen LogP contribution in [0.15, 0.2) is 23.8 Å². The Morgan fingerprint density at radius 3 is 2.50 bits per heavy atom. The van der Waals surface area contributed by atoms with Crippen molar-refractivity contribution in [2.24, 2.45) is 11.3 Å². The molecule has 0 saturated carbocycles. The lowest BCUT2D eigenvalue weighted by molar-refractivity contribution is -0.139. The molecule has 0 heterocycles. The molecule has 0 radical (unpaired) electrons. The van der Waals surface area contributed by atoms with E-state index in [2.05, 4.69) is 38.7 Å². The van der Waals surface area contributed by atoms with Crippen LogP contribution in [0.3, 0.4) is 0 Å². The quantitative estimate of drug-likeness (QED) is 0.154. The van der Waals surface area contributed by atoms with Gasteiger partial charge in [-0.2, -0.15) is 0 Å². The summed E-state index contributed by atoms with van der Waals surface area (Å²) in [6, 6.07) is 0. The van der Waals surface area contributed by atoms with Crippen LogP contribution >= 0.6 is 0 Å². The molecule has 2 unspecified atom stereocenters. The normalized spacial score (nSPS) is 19.5. The van der Waals surface area contributed by atoms with Crippen molar-refractivity contribution in [3.05, 3.63) is 23.8 Å². The number of hydrogen-bond donors (Lipinski definition) is 1. The maximum Gasteiger partial charge on any atom is 0.407 e. The van der Waals surface area contributed by atoms with Crippen LogP contribution in [0.25, 0.3) is 0 Å². The van der Waals surface area contributed by atoms with Crippen LogP contribution < -0.4 is 5.32 Å². The number of allylic oxidation sites excluding steroid dienone is 2. The molecular formula is C25H43NO4. The van der Waals surface area contributed by atoms with Gasteiger partial charge in [-0.3, -0.25) is 0 Å². The van der Waals surface area contributed by atoms with Gasteiger partial charge in [0.1, 0.15) is 0 Å². The smallest absolute Gasteiger partial charge is 0.407 e. The second-order valence-electron chi connectivity index (χ2n) is 9.15. The minimum Gasteiger partial charge on any atom is -0.462 e. The van der Waals surface area contributed by atoms with Gasteiger partial charge in [0.15, 0.2) is 0 Å². The summed E-state index contributed by atoms with van der Waals surface area (Å²) in [6.07, 6.45) is 12.6. The molecule has 0 aromatic rings. The number of nitrogens with one attached hydrogen (secondary N) is 1. The highest BCUT2D eigenvalue weighted by Crippen LogP contribution is 2.39. The molecule has 30 heavy (non-hydrogen) atoms. The van der Waals surface area contributed by atoms with Gasteiger partial charge in [0.25, 0.3) is 0 Å². The largest absolute Gasteiger partial charge is 0.462 e. The minimum absolute atomic E-state index is 0.0591. The summed E-state index contributed by atoms with van der Waals surface area (Å²) in [7, 11) is 0. The van der Waals surface area contributed by atoms with Gasteiger partial charge in [-0.05, 0) is 51.4 Å². The maximum absolute atomic E-state index is 12.0. The lowest BCUT2D eigenvalue weighted by Gasteiger charge is -2.35. The summed E-state index contributed by atoms with van der Waals surface area (Å²) in [6.45, 7) is 13.6. The van der Waals surface area contributed by atoms with Crippen molar-refractivity contribution in [1.82, 2.24) is 5.32 Å². The van der Waals surface area contributed by atoms with E-state index in [0.717, 1.165) is 64.2 Å². The molecule has 0 fully saturated rings. The van der Waals surface area contributed by atoms with Crippen LogP contribution in [-0.4, -0.2) is 31.8 Å². The minimum atomic E-state index is -0.308. The summed E-state index contributed by atoms with van der Waals surface area (Å²) in [5.41, 5.74) is 2.02. The van der Waals surface area contributed by atoms with Crippen LogP contribution in [0, 0.1) is 11.3 Å². The Bertz CT molecular complexity index is 584. The van der Waals surface area contributed by atoms with Crippen LogP contribution in [0.5, 0.6) is 0 Å². The summed E-state index contributed by atoms with van der Waals surface area (Å²) in [5, 5.41) is 2.88. The average Bonchev–Trinajstić information content (AvgIpc) is 2.72. The zero-order valence-corrected chi connectivity index (χ0v) is 19.7. The third kappa shape index (κ3) is 10.8. The number of esters is 1. The van der Waals surface area contributed by atoms with Crippen LogP contribution in [0.2, 0.25) is 0 Å². The lowest BCUT2D eigenvalue weighted by atomic mass is 9.73. The molecule has 1 aliphatic rings. The highest BCUT2D eigenvalue weighted by atomic mass is 16.5. The second-order valence-corrected chi connectivity index (χ2v) is 9.15. The zero-order valence-electron chi connectivity index (χ0n) is 19.7. The SMILES string of the molecule is C=C(C)C(=O)OCCCCCCCCNC(=O)OCC1(C)CCC=C(C(C)CC)C1. The first-order valence-corrected chi connectivity index (χ1v) is 11.7. The van der Waals surface area contributed by atoms with E-state index < -0.39 is 0 Å². The van der Waals surface area contributed by atoms with Crippen LogP contribution in [-0.2, 0) is 14.3 Å². The fourth-order valence-electron chi connectivity index (χ4n) is 3.72. The molecule has 1 aliphatic carbocycles. The van der Waals surface area contributed by atoms with Crippen LogP contribution in [0.4, 0.5) is 4.79 Å². The third-order valence-electron chi connectivity index (χ3n) is 6.00. The summed E-state index contributed by atoms with van der Waals surface area (Å²) < 4.78 is 10.6. The number of unbranched alkanes of at least 4 members (excludes halogenated alkanes) is 5. The van der Waals surface area contributed by atoms with Crippen molar-refractivity contribution in [2.45, 2.75) is 91.9 Å². The van der Waals surface area contributed by atoms with E-state index in [9.17, 15) is 9.59 Å². The molecular weight excluding hydrogens is 378 g/mol. The third-order valence-corrected chi connectivity index (χ3v) is 6.00. The summed E-state index contributed by atoms with van der Waals surface area (Å²) >= 11 is 0. The molecule has 5 heteroatoms. The number of alkyl carbamates (subject to hydrolysis) is 1. The molecule has 0 spiro atoms. The van der Waals surface area contributed by atoms with Gasteiger partial charge in [-0.25, -0.2) is 9.59 Å². The molecule has 2 atom stereocenters. The number of ether oxygens (including phenoxy) is 2. The Labute approximate surface area is 183 Å². The van der Waals surface area contributed by atoms with Gasteiger partial charge < -0.3 is 14.8 Å². The molecule has 0 aromatic carbocycles. The monoisotopic (exact) mass is 421 g/mol. The topological polar surface area (TPSA) is 64.6 Å². The van der Waals surface area contributed by atoms with Crippen molar-refractivity contribution in [3.63, 3.8) is 0 Å². The van der Waals surface area contributed by atoms with Crippen LogP contribution in [0.1, 0.15) is 91.9 Å². The fraction of sp³-hybridized carbons (Fsp3) is 0.760. The Morgan fingerprint density at radius 2 is 1.83 bits per heavy atom. The molecule has 1 amide bonds. The number of carbonyl (C=O) groups is 2. The fourth-order valence-corrected chi connectivity index (χ4v) is 3.72. The highest BCUT2D eigenvalue weighted by Gasteiger charge is 2.31. The Morgan fingerprint density at radius 1 is 1.17 bits per heavy atom. The van der Waals surface area contributed by atoms with Gasteiger partial charge >= 0.3 is 12.1 Å². The molecule has 0 aromatic heterocycles. The molecule has 0 aliphatic heterocycles. The van der Waals surface area contributed by atoms with Crippen molar-refractivity contribution >= 4 is 12.1 Å². The van der Waals surface area contributed by atoms with Crippen molar-refractivity contribution < 1.29 is 19.1 Å². The first-order chi connectivity index (χ1) is 14.3. The second kappa shape index (κ2) is 14.3.